The second-order valence-corrected chi connectivity index (χ2v) is 4.38. The molecule has 1 N–H and O–H groups in total. The number of likely N-dealkylation sites (N-methyl/N-ethyl adjacent to an activating group) is 1. The Balaban J connectivity index is 2.18. The number of hydrogen-bond acceptors (Lipinski definition) is 2. The van der Waals surface area contributed by atoms with E-state index in [4.69, 9.17) is 0 Å². The zero-order valence-electron chi connectivity index (χ0n) is 10.7. The van der Waals surface area contributed by atoms with Gasteiger partial charge >= 0.3 is 0 Å². The van der Waals surface area contributed by atoms with Gasteiger partial charge in [-0.05, 0) is 42.3 Å². The topological polar surface area (TPSA) is 24.9 Å². The third-order valence-corrected chi connectivity index (χ3v) is 2.93. The lowest BCUT2D eigenvalue weighted by atomic mass is 10.00. The maximum Gasteiger partial charge on any atom is 0.141 e. The lowest BCUT2D eigenvalue weighted by molar-refractivity contribution is 0.538. The van der Waals surface area contributed by atoms with Crippen LogP contribution in [-0.2, 0) is 6.42 Å². The molecule has 19 heavy (non-hydrogen) atoms. The molecule has 2 nitrogen and oxygen atoms in total. The smallest absolute Gasteiger partial charge is 0.141 e. The fourth-order valence-electron chi connectivity index (χ4n) is 2.03. The summed E-state index contributed by atoms with van der Waals surface area (Å²) in [5.41, 5.74) is 1.79. The molecular formula is C15H16F2N2. The van der Waals surface area contributed by atoms with Gasteiger partial charge in [-0.1, -0.05) is 19.1 Å². The van der Waals surface area contributed by atoms with Crippen molar-refractivity contribution < 1.29 is 8.78 Å². The van der Waals surface area contributed by atoms with E-state index in [2.05, 4.69) is 10.3 Å². The molecule has 2 rings (SSSR count). The van der Waals surface area contributed by atoms with Crippen LogP contribution >= 0.6 is 0 Å². The van der Waals surface area contributed by atoms with Gasteiger partial charge in [-0.25, -0.2) is 8.78 Å². The summed E-state index contributed by atoms with van der Waals surface area (Å²) in [7, 11) is 0. The van der Waals surface area contributed by atoms with E-state index in [9.17, 15) is 8.78 Å². The summed E-state index contributed by atoms with van der Waals surface area (Å²) in [5.74, 6) is -0.601. The third kappa shape index (κ3) is 3.83. The minimum absolute atomic E-state index is 0.0290. The van der Waals surface area contributed by atoms with Gasteiger partial charge in [0.25, 0.3) is 0 Å². The largest absolute Gasteiger partial charge is 0.310 e. The summed E-state index contributed by atoms with van der Waals surface area (Å²) in [5, 5.41) is 3.29. The Morgan fingerprint density at radius 2 is 1.84 bits per heavy atom. The van der Waals surface area contributed by atoms with Crippen molar-refractivity contribution in [2.45, 2.75) is 19.4 Å². The van der Waals surface area contributed by atoms with E-state index in [0.717, 1.165) is 17.7 Å². The van der Waals surface area contributed by atoms with Gasteiger partial charge < -0.3 is 5.32 Å². The number of halogens is 2. The molecule has 0 spiro atoms. The molecule has 1 heterocycles. The Morgan fingerprint density at radius 3 is 2.47 bits per heavy atom. The van der Waals surface area contributed by atoms with Crippen molar-refractivity contribution in [3.63, 3.8) is 0 Å². The number of benzene rings is 1. The van der Waals surface area contributed by atoms with Crippen LogP contribution in [0.4, 0.5) is 8.78 Å². The number of nitrogens with zero attached hydrogens (tertiary/aromatic N) is 1. The van der Waals surface area contributed by atoms with Crippen molar-refractivity contribution >= 4 is 0 Å². The Bertz CT molecular complexity index is 526. The van der Waals surface area contributed by atoms with E-state index in [0.29, 0.717) is 6.42 Å². The standard InChI is InChI=1S/C15H16F2N2/c1-2-19-15(12-8-14(17)10-18-9-12)7-11-3-5-13(16)6-4-11/h3-6,8-10,15,19H,2,7H2,1H3. The molecule has 1 unspecified atom stereocenters. The SMILES string of the molecule is CCNC(Cc1ccc(F)cc1)c1cncc(F)c1. The lowest BCUT2D eigenvalue weighted by Crippen LogP contribution is -2.23. The molecule has 1 atom stereocenters. The highest BCUT2D eigenvalue weighted by molar-refractivity contribution is 5.22. The molecule has 100 valence electrons. The van der Waals surface area contributed by atoms with Crippen LogP contribution in [0.2, 0.25) is 0 Å². The Hall–Kier alpha value is -1.81. The zero-order valence-corrected chi connectivity index (χ0v) is 10.7. The maximum absolute atomic E-state index is 13.2. The van der Waals surface area contributed by atoms with Gasteiger partial charge in [-0.2, -0.15) is 0 Å². The summed E-state index contributed by atoms with van der Waals surface area (Å²) in [4.78, 5) is 3.87. The van der Waals surface area contributed by atoms with Crippen LogP contribution in [0.15, 0.2) is 42.7 Å². The summed E-state index contributed by atoms with van der Waals surface area (Å²) >= 11 is 0. The Labute approximate surface area is 111 Å². The van der Waals surface area contributed by atoms with Gasteiger partial charge in [0.2, 0.25) is 0 Å². The minimum atomic E-state index is -0.348. The molecule has 0 bridgehead atoms. The first kappa shape index (κ1) is 13.6. The van der Waals surface area contributed by atoms with Crippen LogP contribution < -0.4 is 5.32 Å². The molecule has 1 aromatic heterocycles. The van der Waals surface area contributed by atoms with E-state index in [-0.39, 0.29) is 17.7 Å². The molecule has 0 saturated carbocycles. The van der Waals surface area contributed by atoms with Crippen molar-refractivity contribution in [3.8, 4) is 0 Å². The highest BCUT2D eigenvalue weighted by Crippen LogP contribution is 2.18. The van der Waals surface area contributed by atoms with Crippen molar-refractivity contribution in [3.05, 3.63) is 65.5 Å². The van der Waals surface area contributed by atoms with E-state index in [1.165, 1.54) is 24.4 Å². The fraction of sp³-hybridized carbons (Fsp3) is 0.267. The minimum Gasteiger partial charge on any atom is -0.310 e. The van der Waals surface area contributed by atoms with Gasteiger partial charge in [0, 0.05) is 12.2 Å². The van der Waals surface area contributed by atoms with E-state index in [1.807, 2.05) is 6.92 Å². The van der Waals surface area contributed by atoms with Crippen LogP contribution in [0.25, 0.3) is 0 Å². The van der Waals surface area contributed by atoms with Crippen molar-refractivity contribution in [1.29, 1.82) is 0 Å². The van der Waals surface area contributed by atoms with Crippen LogP contribution in [0.3, 0.4) is 0 Å². The second-order valence-electron chi connectivity index (χ2n) is 4.38. The average Bonchev–Trinajstić information content (AvgIpc) is 2.41. The lowest BCUT2D eigenvalue weighted by Gasteiger charge is -2.18. The first-order valence-electron chi connectivity index (χ1n) is 6.27. The van der Waals surface area contributed by atoms with E-state index in [1.54, 1.807) is 18.3 Å². The molecule has 0 aliphatic carbocycles. The molecule has 0 radical (unpaired) electrons. The van der Waals surface area contributed by atoms with Gasteiger partial charge in [0.05, 0.1) is 6.20 Å². The number of aromatic nitrogens is 1. The van der Waals surface area contributed by atoms with Gasteiger partial charge in [0.1, 0.15) is 11.6 Å². The van der Waals surface area contributed by atoms with Gasteiger partial charge in [-0.3, -0.25) is 4.98 Å². The zero-order chi connectivity index (χ0) is 13.7. The predicted octanol–water partition coefficient (Wildman–Crippen LogP) is 3.25. The van der Waals surface area contributed by atoms with E-state index < -0.39 is 0 Å². The molecule has 4 heteroatoms. The highest BCUT2D eigenvalue weighted by Gasteiger charge is 2.12. The normalized spacial score (nSPS) is 12.4. The molecule has 1 aromatic carbocycles. The summed E-state index contributed by atoms with van der Waals surface area (Å²) in [6, 6.07) is 7.80. The molecule has 0 aliphatic rings. The molecular weight excluding hydrogens is 246 g/mol. The molecule has 0 fully saturated rings. The Morgan fingerprint density at radius 1 is 1.11 bits per heavy atom. The van der Waals surface area contributed by atoms with E-state index >= 15 is 0 Å². The highest BCUT2D eigenvalue weighted by atomic mass is 19.1. The molecule has 2 aromatic rings. The van der Waals surface area contributed by atoms with Crippen molar-refractivity contribution in [2.24, 2.45) is 0 Å². The number of rotatable bonds is 5. The number of hydrogen-bond donors (Lipinski definition) is 1. The van der Waals surface area contributed by atoms with Crippen LogP contribution in [0.5, 0.6) is 0 Å². The van der Waals surface area contributed by atoms with Crippen LogP contribution in [0.1, 0.15) is 24.1 Å². The fourth-order valence-corrected chi connectivity index (χ4v) is 2.03. The molecule has 0 amide bonds. The maximum atomic E-state index is 13.2. The summed E-state index contributed by atoms with van der Waals surface area (Å²) < 4.78 is 26.1. The second kappa shape index (κ2) is 6.38. The van der Waals surface area contributed by atoms with Gasteiger partial charge in [0.15, 0.2) is 0 Å². The summed E-state index contributed by atoms with van der Waals surface area (Å²) in [6.45, 7) is 2.76. The first-order valence-corrected chi connectivity index (χ1v) is 6.27. The third-order valence-electron chi connectivity index (χ3n) is 2.93. The first-order chi connectivity index (χ1) is 9.19. The van der Waals surface area contributed by atoms with Gasteiger partial charge in [-0.15, -0.1) is 0 Å². The number of nitrogens with one attached hydrogen (secondary N) is 1. The van der Waals surface area contributed by atoms with Crippen LogP contribution in [-0.4, -0.2) is 11.5 Å². The quantitative estimate of drug-likeness (QED) is 0.894. The van der Waals surface area contributed by atoms with Crippen molar-refractivity contribution in [2.75, 3.05) is 6.54 Å². The number of pyridine rings is 1. The van der Waals surface area contributed by atoms with Crippen molar-refractivity contribution in [1.82, 2.24) is 10.3 Å². The predicted molar refractivity (Wildman–Crippen MR) is 70.7 cm³/mol. The average molecular weight is 262 g/mol. The van der Waals surface area contributed by atoms with Crippen LogP contribution in [0, 0.1) is 11.6 Å². The molecule has 0 aliphatic heterocycles. The summed E-state index contributed by atoms with van der Waals surface area (Å²) in [6.07, 6.45) is 3.50. The monoisotopic (exact) mass is 262 g/mol. The Kier molecular flexibility index (Phi) is 4.58. The molecule has 0 saturated heterocycles.